The number of hydrogen-bond donors (Lipinski definition) is 2. The summed E-state index contributed by atoms with van der Waals surface area (Å²) in [5, 5.41) is 12.5. The third-order valence-electron chi connectivity index (χ3n) is 12.4. The van der Waals surface area contributed by atoms with Crippen molar-refractivity contribution in [2.45, 2.75) is 58.2 Å². The number of benzene rings is 4. The number of carbonyl (C=O) groups is 5. The number of fused-ring (bicyclic) bond motifs is 1. The number of nitrogens with one attached hydrogen (secondary N) is 1. The van der Waals surface area contributed by atoms with Crippen LogP contribution in [-0.2, 0) is 32.3 Å². The molecule has 1 unspecified atom stereocenters. The number of allylic oxidation sites excluding steroid dienone is 1. The van der Waals surface area contributed by atoms with E-state index in [-0.39, 0.29) is 36.5 Å². The van der Waals surface area contributed by atoms with E-state index >= 15 is 0 Å². The number of halogens is 1. The van der Waals surface area contributed by atoms with Crippen LogP contribution in [0.3, 0.4) is 0 Å². The standard InChI is InChI=1S/C48H52ClN5O6/c1-33-25-37-27-51(28-38(37)26-42(33)47(60)54(32-56)43(9-6-24-55)46(59)50-2)29-44(58)53-30-48(31-53)19-22-52(23-20-48)39-14-10-35(11-15-39)45(36-12-16-40(57)17-13-36)41(18-21-49)34-7-4-3-5-8-34/h3-5,7-8,10-17,24-26,32,43,57H,6,9,18-23,27-31H2,1-2H3,(H,50,59)/b45-41+. The average Bonchev–Trinajstić information content (AvgIpc) is 3.65. The Balaban J connectivity index is 0.949. The second-order valence-electron chi connectivity index (χ2n) is 16.3. The first-order chi connectivity index (χ1) is 29.1. The molecule has 3 aliphatic rings. The van der Waals surface area contributed by atoms with Gasteiger partial charge in [-0.1, -0.05) is 60.7 Å². The zero-order chi connectivity index (χ0) is 42.4. The first-order valence-electron chi connectivity index (χ1n) is 20.6. The van der Waals surface area contributed by atoms with E-state index in [4.69, 9.17) is 11.6 Å². The molecular formula is C48H52ClN5O6. The molecule has 2 N–H and O–H groups in total. The van der Waals surface area contributed by atoms with Crippen molar-refractivity contribution in [3.63, 3.8) is 0 Å². The van der Waals surface area contributed by atoms with E-state index in [9.17, 15) is 29.1 Å². The topological polar surface area (TPSA) is 131 Å². The van der Waals surface area contributed by atoms with Crippen molar-refractivity contribution >= 4 is 58.9 Å². The molecular weight excluding hydrogens is 778 g/mol. The van der Waals surface area contributed by atoms with Crippen molar-refractivity contribution in [1.82, 2.24) is 20.0 Å². The predicted molar refractivity (Wildman–Crippen MR) is 233 cm³/mol. The Morgan fingerprint density at radius 3 is 2.12 bits per heavy atom. The Kier molecular flexibility index (Phi) is 13.2. The second-order valence-corrected chi connectivity index (χ2v) is 16.6. The summed E-state index contributed by atoms with van der Waals surface area (Å²) in [4.78, 5) is 70.1. The van der Waals surface area contributed by atoms with E-state index in [0.29, 0.717) is 49.2 Å². The van der Waals surface area contributed by atoms with Crippen molar-refractivity contribution in [1.29, 1.82) is 0 Å². The third kappa shape index (κ3) is 9.02. The minimum Gasteiger partial charge on any atom is -0.508 e. The Morgan fingerprint density at radius 1 is 0.883 bits per heavy atom. The minimum atomic E-state index is -1.10. The lowest BCUT2D eigenvalue weighted by Gasteiger charge is -2.54. The van der Waals surface area contributed by atoms with Crippen LogP contribution >= 0.6 is 11.6 Å². The number of phenolic OH excluding ortho intramolecular Hbond substituents is 1. The molecule has 0 aromatic heterocycles. The summed E-state index contributed by atoms with van der Waals surface area (Å²) in [6, 6.07) is 29.0. The van der Waals surface area contributed by atoms with Gasteiger partial charge in [0.15, 0.2) is 0 Å². The number of hydrogen-bond acceptors (Lipinski definition) is 8. The monoisotopic (exact) mass is 829 g/mol. The van der Waals surface area contributed by atoms with Crippen molar-refractivity contribution in [2.24, 2.45) is 5.41 Å². The maximum absolute atomic E-state index is 13.6. The number of likely N-dealkylation sites (tertiary alicyclic amines) is 1. The largest absolute Gasteiger partial charge is 0.508 e. The van der Waals surface area contributed by atoms with Crippen molar-refractivity contribution < 1.29 is 29.1 Å². The highest BCUT2D eigenvalue weighted by Gasteiger charge is 2.47. The maximum atomic E-state index is 13.6. The summed E-state index contributed by atoms with van der Waals surface area (Å²) < 4.78 is 0. The maximum Gasteiger partial charge on any atom is 0.261 e. The average molecular weight is 830 g/mol. The summed E-state index contributed by atoms with van der Waals surface area (Å²) in [5.41, 5.74) is 9.69. The number of likely N-dealkylation sites (N-methyl/N-ethyl adjacent to an activating group) is 1. The van der Waals surface area contributed by atoms with Gasteiger partial charge in [0.05, 0.1) is 6.54 Å². The van der Waals surface area contributed by atoms with E-state index in [0.717, 1.165) is 82.9 Å². The Labute approximate surface area is 356 Å². The molecule has 1 atom stereocenters. The van der Waals surface area contributed by atoms with E-state index in [1.54, 1.807) is 25.1 Å². The van der Waals surface area contributed by atoms with Gasteiger partial charge < -0.3 is 25.0 Å². The van der Waals surface area contributed by atoms with Gasteiger partial charge in [0.1, 0.15) is 18.1 Å². The van der Waals surface area contributed by atoms with Gasteiger partial charge in [-0.05, 0) is 107 Å². The Bertz CT molecular complexity index is 2250. The van der Waals surface area contributed by atoms with Crippen LogP contribution in [-0.4, -0.2) is 102 Å². The molecule has 0 aliphatic carbocycles. The van der Waals surface area contributed by atoms with Crippen LogP contribution in [0.15, 0.2) is 91.0 Å². The van der Waals surface area contributed by atoms with Crippen molar-refractivity contribution in [2.75, 3.05) is 50.6 Å². The van der Waals surface area contributed by atoms with Gasteiger partial charge in [-0.15, -0.1) is 11.6 Å². The van der Waals surface area contributed by atoms with Crippen LogP contribution in [0.1, 0.15) is 75.8 Å². The van der Waals surface area contributed by atoms with Gasteiger partial charge in [0.2, 0.25) is 18.2 Å². The number of nitrogens with zero attached hydrogens (tertiary/aromatic N) is 4. The van der Waals surface area contributed by atoms with Gasteiger partial charge >= 0.3 is 0 Å². The number of aromatic hydroxyl groups is 1. The van der Waals surface area contributed by atoms with Gasteiger partial charge in [0, 0.05) is 75.3 Å². The third-order valence-corrected chi connectivity index (χ3v) is 12.6. The van der Waals surface area contributed by atoms with E-state index < -0.39 is 17.9 Å². The lowest BCUT2D eigenvalue weighted by atomic mass is 9.72. The fraction of sp³-hybridized carbons (Fsp3) is 0.354. The zero-order valence-corrected chi connectivity index (χ0v) is 35.0. The number of imide groups is 1. The van der Waals surface area contributed by atoms with Gasteiger partial charge in [-0.2, -0.15) is 0 Å². The lowest BCUT2D eigenvalue weighted by Crippen LogP contribution is -2.63. The van der Waals surface area contributed by atoms with Gasteiger partial charge in [-0.3, -0.25) is 29.0 Å². The first kappa shape index (κ1) is 42.3. The fourth-order valence-corrected chi connectivity index (χ4v) is 9.28. The second kappa shape index (κ2) is 18.6. The van der Waals surface area contributed by atoms with Crippen LogP contribution in [0.4, 0.5) is 5.69 Å². The van der Waals surface area contributed by atoms with E-state index in [2.05, 4.69) is 51.5 Å². The number of piperidine rings is 1. The number of alkyl halides is 1. The molecule has 4 aromatic carbocycles. The number of carbonyl (C=O) groups excluding carboxylic acids is 5. The summed E-state index contributed by atoms with van der Waals surface area (Å²) in [6.45, 7) is 6.45. The number of aldehydes is 1. The quantitative estimate of drug-likeness (QED) is 0.0798. The Hall–Kier alpha value is -5.78. The molecule has 2 fully saturated rings. The molecule has 2 saturated heterocycles. The molecule has 1 spiro atoms. The molecule has 12 heteroatoms. The molecule has 312 valence electrons. The molecule has 4 aromatic rings. The van der Waals surface area contributed by atoms with Crippen molar-refractivity contribution in [3.05, 3.63) is 130 Å². The molecule has 0 radical (unpaired) electrons. The smallest absolute Gasteiger partial charge is 0.261 e. The summed E-state index contributed by atoms with van der Waals surface area (Å²) >= 11 is 6.36. The minimum absolute atomic E-state index is 0.0312. The van der Waals surface area contributed by atoms with Crippen LogP contribution < -0.4 is 10.2 Å². The van der Waals surface area contributed by atoms with E-state index in [1.165, 1.54) is 12.7 Å². The number of anilines is 1. The zero-order valence-electron chi connectivity index (χ0n) is 34.2. The van der Waals surface area contributed by atoms with Crippen molar-refractivity contribution in [3.8, 4) is 5.75 Å². The molecule has 11 nitrogen and oxygen atoms in total. The number of aryl methyl sites for hydroxylation is 1. The summed E-state index contributed by atoms with van der Waals surface area (Å²) in [5.74, 6) is -0.312. The lowest BCUT2D eigenvalue weighted by molar-refractivity contribution is -0.146. The van der Waals surface area contributed by atoms with Crippen LogP contribution in [0.2, 0.25) is 0 Å². The van der Waals surface area contributed by atoms with Crippen LogP contribution in [0.25, 0.3) is 11.1 Å². The van der Waals surface area contributed by atoms with Crippen LogP contribution in [0, 0.1) is 12.3 Å². The number of phenols is 1. The number of amides is 4. The first-order valence-corrected chi connectivity index (χ1v) is 21.2. The molecule has 7 rings (SSSR count). The van der Waals surface area contributed by atoms with Gasteiger partial charge in [0.25, 0.3) is 5.91 Å². The summed E-state index contributed by atoms with van der Waals surface area (Å²) in [7, 11) is 1.42. The molecule has 0 saturated carbocycles. The molecule has 4 amide bonds. The molecule has 3 heterocycles. The SMILES string of the molecule is CNC(=O)C(CCC=O)N(C=O)C(=O)c1cc2c(cc1C)CN(CC(=O)N1CC3(CCN(c4ccc(/C(=C(/CCCl)c5ccccc5)c5ccc(O)cc5)cc4)CC3)C1)C2. The van der Waals surface area contributed by atoms with E-state index in [1.807, 2.05) is 41.3 Å². The molecule has 60 heavy (non-hydrogen) atoms. The normalized spacial score (nSPS) is 16.6. The highest BCUT2D eigenvalue weighted by Crippen LogP contribution is 2.42. The Morgan fingerprint density at radius 2 is 1.52 bits per heavy atom. The fourth-order valence-electron chi connectivity index (χ4n) is 9.09. The number of rotatable bonds is 15. The highest BCUT2D eigenvalue weighted by molar-refractivity contribution is 6.18. The molecule has 0 bridgehead atoms. The highest BCUT2D eigenvalue weighted by atomic mass is 35.5. The molecule has 3 aliphatic heterocycles. The predicted octanol–water partition coefficient (Wildman–Crippen LogP) is 6.43. The van der Waals surface area contributed by atoms with Gasteiger partial charge in [-0.25, -0.2) is 0 Å². The summed E-state index contributed by atoms with van der Waals surface area (Å²) in [6.07, 6.45) is 3.78. The van der Waals surface area contributed by atoms with Crippen LogP contribution in [0.5, 0.6) is 5.75 Å².